The van der Waals surface area contributed by atoms with E-state index in [1.165, 1.54) is 17.7 Å². The summed E-state index contributed by atoms with van der Waals surface area (Å²) in [6.07, 6.45) is 0. The van der Waals surface area contributed by atoms with Crippen LogP contribution in [0.4, 0.5) is 4.39 Å². The number of aromatic nitrogens is 1. The van der Waals surface area contributed by atoms with Gasteiger partial charge < -0.3 is 9.88 Å². The summed E-state index contributed by atoms with van der Waals surface area (Å²) in [7, 11) is 0. The van der Waals surface area contributed by atoms with Gasteiger partial charge >= 0.3 is 0 Å². The van der Waals surface area contributed by atoms with Crippen molar-refractivity contribution in [1.29, 1.82) is 0 Å². The zero-order chi connectivity index (χ0) is 19.7. The van der Waals surface area contributed by atoms with E-state index in [9.17, 15) is 9.18 Å². The number of nitrogens with one attached hydrogen (secondary N) is 1. The maximum atomic E-state index is 13.5. The number of hydrogen-bond donors (Lipinski definition) is 1. The highest BCUT2D eigenvalue weighted by Crippen LogP contribution is 2.31. The molecule has 0 radical (unpaired) electrons. The predicted octanol–water partition coefficient (Wildman–Crippen LogP) is 4.06. The maximum Gasteiger partial charge on any atom is 0.230 e. The molecule has 4 nitrogen and oxygen atoms in total. The van der Waals surface area contributed by atoms with E-state index in [0.29, 0.717) is 0 Å². The van der Waals surface area contributed by atoms with E-state index in [4.69, 9.17) is 0 Å². The Balaban J connectivity index is 1.43. The molecule has 1 unspecified atom stereocenters. The average molecular weight is 379 g/mol. The summed E-state index contributed by atoms with van der Waals surface area (Å²) in [4.78, 5) is 20.7. The molecule has 0 saturated carbocycles. The summed E-state index contributed by atoms with van der Waals surface area (Å²) in [6.45, 7) is 8.08. The second-order valence-electron chi connectivity index (χ2n) is 7.66. The number of benzene rings is 2. The normalized spacial score (nSPS) is 16.5. The molecule has 3 aromatic rings. The van der Waals surface area contributed by atoms with Crippen LogP contribution < -0.4 is 0 Å². The smallest absolute Gasteiger partial charge is 0.230 e. The first-order chi connectivity index (χ1) is 13.5. The van der Waals surface area contributed by atoms with Gasteiger partial charge in [-0.2, -0.15) is 0 Å². The molecule has 1 fully saturated rings. The molecule has 1 aromatic heterocycles. The van der Waals surface area contributed by atoms with E-state index in [2.05, 4.69) is 34.1 Å². The van der Waals surface area contributed by atoms with Gasteiger partial charge in [0.2, 0.25) is 5.91 Å². The van der Waals surface area contributed by atoms with Crippen LogP contribution in [0.5, 0.6) is 0 Å². The topological polar surface area (TPSA) is 39.3 Å². The second-order valence-corrected chi connectivity index (χ2v) is 7.66. The van der Waals surface area contributed by atoms with E-state index >= 15 is 0 Å². The molecule has 2 aromatic carbocycles. The molecule has 146 valence electrons. The largest absolute Gasteiger partial charge is 0.358 e. The SMILES string of the molecule is Cc1[nH]c2cc(F)ccc2c1C(C)C(=O)N1CCN(Cc2ccccc2)CC1. The molecule has 28 heavy (non-hydrogen) atoms. The summed E-state index contributed by atoms with van der Waals surface area (Å²) in [5, 5.41) is 0.933. The van der Waals surface area contributed by atoms with Crippen LogP contribution in [-0.2, 0) is 11.3 Å². The van der Waals surface area contributed by atoms with Crippen LogP contribution in [0, 0.1) is 12.7 Å². The Morgan fingerprint density at radius 1 is 1.11 bits per heavy atom. The summed E-state index contributed by atoms with van der Waals surface area (Å²) < 4.78 is 13.5. The van der Waals surface area contributed by atoms with Gasteiger partial charge in [-0.3, -0.25) is 9.69 Å². The fraction of sp³-hybridized carbons (Fsp3) is 0.348. The Hall–Kier alpha value is -2.66. The number of nitrogens with zero attached hydrogens (tertiary/aromatic N) is 2. The zero-order valence-electron chi connectivity index (χ0n) is 16.4. The summed E-state index contributed by atoms with van der Waals surface area (Å²) >= 11 is 0. The maximum absolute atomic E-state index is 13.5. The van der Waals surface area contributed by atoms with E-state index in [0.717, 1.165) is 54.9 Å². The van der Waals surface area contributed by atoms with Gasteiger partial charge in [0.1, 0.15) is 5.82 Å². The third-order valence-corrected chi connectivity index (χ3v) is 5.73. The summed E-state index contributed by atoms with van der Waals surface area (Å²) in [5.74, 6) is -0.374. The molecule has 5 heteroatoms. The number of halogens is 1. The molecule has 4 rings (SSSR count). The second kappa shape index (κ2) is 7.76. The lowest BCUT2D eigenvalue weighted by Crippen LogP contribution is -2.49. The van der Waals surface area contributed by atoms with Gasteiger partial charge in [-0.25, -0.2) is 4.39 Å². The number of rotatable bonds is 4. The predicted molar refractivity (Wildman–Crippen MR) is 110 cm³/mol. The highest BCUT2D eigenvalue weighted by Gasteiger charge is 2.28. The van der Waals surface area contributed by atoms with Gasteiger partial charge in [-0.05, 0) is 43.2 Å². The van der Waals surface area contributed by atoms with E-state index in [1.54, 1.807) is 6.07 Å². The lowest BCUT2D eigenvalue weighted by molar-refractivity contribution is -0.134. The van der Waals surface area contributed by atoms with Crippen molar-refractivity contribution in [2.24, 2.45) is 0 Å². The lowest BCUT2D eigenvalue weighted by Gasteiger charge is -2.36. The van der Waals surface area contributed by atoms with Crippen molar-refractivity contribution in [3.8, 4) is 0 Å². The number of carbonyl (C=O) groups excluding carboxylic acids is 1. The first-order valence-corrected chi connectivity index (χ1v) is 9.85. The van der Waals surface area contributed by atoms with Crippen LogP contribution in [0.2, 0.25) is 0 Å². The molecule has 2 heterocycles. The Morgan fingerprint density at radius 3 is 2.54 bits per heavy atom. The summed E-state index contributed by atoms with van der Waals surface area (Å²) in [5.41, 5.74) is 3.97. The van der Waals surface area contributed by atoms with Crippen molar-refractivity contribution < 1.29 is 9.18 Å². The van der Waals surface area contributed by atoms with E-state index in [1.807, 2.05) is 24.8 Å². The minimum Gasteiger partial charge on any atom is -0.358 e. The number of piperazine rings is 1. The molecule has 1 aliphatic heterocycles. The van der Waals surface area contributed by atoms with Gasteiger partial charge in [0, 0.05) is 49.3 Å². The number of aromatic amines is 1. The van der Waals surface area contributed by atoms with Crippen molar-refractivity contribution in [2.45, 2.75) is 26.3 Å². The van der Waals surface area contributed by atoms with Crippen molar-refractivity contribution in [1.82, 2.24) is 14.8 Å². The number of aryl methyl sites for hydroxylation is 1. The van der Waals surface area contributed by atoms with Crippen molar-refractivity contribution >= 4 is 16.8 Å². The quantitative estimate of drug-likeness (QED) is 0.742. The van der Waals surface area contributed by atoms with Crippen LogP contribution >= 0.6 is 0 Å². The molecule has 0 bridgehead atoms. The zero-order valence-corrected chi connectivity index (χ0v) is 16.4. The minimum absolute atomic E-state index is 0.146. The Kier molecular flexibility index (Phi) is 5.18. The van der Waals surface area contributed by atoms with Gasteiger partial charge in [0.15, 0.2) is 0 Å². The molecule has 0 spiro atoms. The average Bonchev–Trinajstić information content (AvgIpc) is 3.03. The number of carbonyl (C=O) groups is 1. The minimum atomic E-state index is -0.270. The number of fused-ring (bicyclic) bond motifs is 1. The van der Waals surface area contributed by atoms with Gasteiger partial charge in [-0.15, -0.1) is 0 Å². The molecule has 1 aliphatic rings. The first kappa shape index (κ1) is 18.7. The van der Waals surface area contributed by atoms with Crippen molar-refractivity contribution in [3.63, 3.8) is 0 Å². The van der Waals surface area contributed by atoms with Crippen LogP contribution in [0.15, 0.2) is 48.5 Å². The standard InChI is InChI=1S/C23H26FN3O/c1-16(22-17(2)25-21-14-19(24)8-9-20(21)22)23(28)27-12-10-26(11-13-27)15-18-6-4-3-5-7-18/h3-9,14,16,25H,10-13,15H2,1-2H3. The Bertz CT molecular complexity index is 974. The lowest BCUT2D eigenvalue weighted by atomic mass is 9.96. The van der Waals surface area contributed by atoms with Crippen LogP contribution in [0.1, 0.15) is 29.7 Å². The number of hydrogen-bond acceptors (Lipinski definition) is 2. The highest BCUT2D eigenvalue weighted by molar-refractivity contribution is 5.93. The molecular formula is C23H26FN3O. The molecule has 1 N–H and O–H groups in total. The summed E-state index contributed by atoms with van der Waals surface area (Å²) in [6, 6.07) is 15.2. The molecule has 1 atom stereocenters. The number of amides is 1. The van der Waals surface area contributed by atoms with Crippen LogP contribution in [0.25, 0.3) is 10.9 Å². The number of H-pyrrole nitrogens is 1. The first-order valence-electron chi connectivity index (χ1n) is 9.85. The molecule has 1 amide bonds. The van der Waals surface area contributed by atoms with Gasteiger partial charge in [-0.1, -0.05) is 30.3 Å². The van der Waals surface area contributed by atoms with Crippen molar-refractivity contribution in [3.05, 3.63) is 71.2 Å². The van der Waals surface area contributed by atoms with E-state index in [-0.39, 0.29) is 17.6 Å². The highest BCUT2D eigenvalue weighted by atomic mass is 19.1. The van der Waals surface area contributed by atoms with Crippen LogP contribution in [-0.4, -0.2) is 46.9 Å². The van der Waals surface area contributed by atoms with Gasteiger partial charge in [0.25, 0.3) is 0 Å². The third-order valence-electron chi connectivity index (χ3n) is 5.73. The third kappa shape index (κ3) is 3.67. The molecular weight excluding hydrogens is 353 g/mol. The fourth-order valence-electron chi connectivity index (χ4n) is 4.25. The van der Waals surface area contributed by atoms with Gasteiger partial charge in [0.05, 0.1) is 5.92 Å². The fourth-order valence-corrected chi connectivity index (χ4v) is 4.25. The van der Waals surface area contributed by atoms with Crippen LogP contribution in [0.3, 0.4) is 0 Å². The Morgan fingerprint density at radius 2 is 1.82 bits per heavy atom. The molecule has 1 saturated heterocycles. The van der Waals surface area contributed by atoms with E-state index < -0.39 is 0 Å². The Labute approximate surface area is 165 Å². The van der Waals surface area contributed by atoms with Crippen molar-refractivity contribution in [2.75, 3.05) is 26.2 Å². The monoisotopic (exact) mass is 379 g/mol. The molecule has 0 aliphatic carbocycles.